The second-order valence-electron chi connectivity index (χ2n) is 7.28. The average molecular weight is 457 g/mol. The minimum absolute atomic E-state index is 0.123. The molecule has 0 aromatic heterocycles. The number of nitrogens with one attached hydrogen (secondary N) is 1. The Morgan fingerprint density at radius 1 is 1.10 bits per heavy atom. The van der Waals surface area contributed by atoms with Crippen LogP contribution < -0.4 is 5.32 Å². The molecule has 0 spiro atoms. The predicted octanol–water partition coefficient (Wildman–Crippen LogP) is 6.89. The maximum atomic E-state index is 12.1. The van der Waals surface area contributed by atoms with Gasteiger partial charge < -0.3 is 5.32 Å². The minimum Gasteiger partial charge on any atom is -0.323 e. The van der Waals surface area contributed by atoms with E-state index in [0.717, 1.165) is 22.3 Å². The van der Waals surface area contributed by atoms with Gasteiger partial charge in [0.1, 0.15) is 0 Å². The number of carbonyl (C=O) groups excluding carboxylic acids is 1. The molecule has 0 unspecified atom stereocenters. The highest BCUT2D eigenvalue weighted by atomic mass is 79.9. The molecule has 0 bridgehead atoms. The first-order chi connectivity index (χ1) is 14.1. The van der Waals surface area contributed by atoms with E-state index in [0.29, 0.717) is 6.04 Å². The Morgan fingerprint density at radius 3 is 2.45 bits per heavy atom. The van der Waals surface area contributed by atoms with Gasteiger partial charge in [0.2, 0.25) is 5.91 Å². The molecular formula is C25H33BrN2O. The van der Waals surface area contributed by atoms with Crippen LogP contribution in [0.1, 0.15) is 57.1 Å². The Kier molecular flexibility index (Phi) is 10.2. The Morgan fingerprint density at radius 2 is 1.79 bits per heavy atom. The first kappa shape index (κ1) is 23.4. The van der Waals surface area contributed by atoms with Crippen LogP contribution in [-0.2, 0) is 11.3 Å². The summed E-state index contributed by atoms with van der Waals surface area (Å²) in [7, 11) is 2.22. The zero-order valence-corrected chi connectivity index (χ0v) is 19.4. The number of carbonyl (C=O) groups is 1. The van der Waals surface area contributed by atoms with Gasteiger partial charge in [0.15, 0.2) is 0 Å². The van der Waals surface area contributed by atoms with E-state index in [1.165, 1.54) is 37.7 Å². The number of halogens is 1. The molecular weight excluding hydrogens is 424 g/mol. The van der Waals surface area contributed by atoms with Crippen LogP contribution in [0.15, 0.2) is 59.1 Å². The standard InChI is InChI=1S/C23H27BrN2O.C2H6/c1-26(22-8-3-2-4-9-22)17-19-10-13-21(14-11-19)25-23(27)15-12-18-6-5-7-20(24)16-18;1-2/h5-7,10-16,22H,2-4,8-9,17H2,1H3,(H,25,27);1-2H3/b15-12+;. The van der Waals surface area contributed by atoms with Crippen molar-refractivity contribution >= 4 is 33.6 Å². The molecule has 1 saturated carbocycles. The Bertz CT molecular complexity index is 780. The van der Waals surface area contributed by atoms with Crippen LogP contribution in [0.4, 0.5) is 5.69 Å². The molecule has 0 atom stereocenters. The van der Waals surface area contributed by atoms with Gasteiger partial charge in [-0.3, -0.25) is 9.69 Å². The van der Waals surface area contributed by atoms with E-state index < -0.39 is 0 Å². The smallest absolute Gasteiger partial charge is 0.248 e. The zero-order valence-electron chi connectivity index (χ0n) is 17.8. The maximum Gasteiger partial charge on any atom is 0.248 e. The summed E-state index contributed by atoms with van der Waals surface area (Å²) in [5.74, 6) is -0.123. The Hall–Kier alpha value is -1.91. The van der Waals surface area contributed by atoms with Crippen molar-refractivity contribution in [2.45, 2.75) is 58.5 Å². The van der Waals surface area contributed by atoms with E-state index in [4.69, 9.17) is 0 Å². The summed E-state index contributed by atoms with van der Waals surface area (Å²) in [4.78, 5) is 14.6. The van der Waals surface area contributed by atoms with Gasteiger partial charge in [0.05, 0.1) is 0 Å². The topological polar surface area (TPSA) is 32.3 Å². The lowest BCUT2D eigenvalue weighted by molar-refractivity contribution is -0.111. The quantitative estimate of drug-likeness (QED) is 0.479. The number of hydrogen-bond donors (Lipinski definition) is 1. The predicted molar refractivity (Wildman–Crippen MR) is 128 cm³/mol. The van der Waals surface area contributed by atoms with Gasteiger partial charge in [-0.05, 0) is 61.4 Å². The fourth-order valence-electron chi connectivity index (χ4n) is 3.60. The minimum atomic E-state index is -0.123. The van der Waals surface area contributed by atoms with Gasteiger partial charge in [0, 0.05) is 28.8 Å². The molecule has 0 aliphatic heterocycles. The van der Waals surface area contributed by atoms with Gasteiger partial charge in [-0.1, -0.05) is 73.3 Å². The molecule has 3 rings (SSSR count). The second kappa shape index (κ2) is 12.6. The van der Waals surface area contributed by atoms with Crippen LogP contribution in [0.5, 0.6) is 0 Å². The molecule has 1 N–H and O–H groups in total. The molecule has 1 amide bonds. The molecule has 1 fully saturated rings. The van der Waals surface area contributed by atoms with Crippen molar-refractivity contribution in [2.75, 3.05) is 12.4 Å². The highest BCUT2D eigenvalue weighted by Gasteiger charge is 2.17. The van der Waals surface area contributed by atoms with E-state index in [9.17, 15) is 4.79 Å². The molecule has 0 heterocycles. The fraction of sp³-hybridized carbons (Fsp3) is 0.400. The third-order valence-electron chi connectivity index (χ3n) is 5.13. The van der Waals surface area contributed by atoms with E-state index in [1.54, 1.807) is 6.08 Å². The summed E-state index contributed by atoms with van der Waals surface area (Å²) < 4.78 is 0.999. The first-order valence-corrected chi connectivity index (χ1v) is 11.4. The first-order valence-electron chi connectivity index (χ1n) is 10.6. The summed E-state index contributed by atoms with van der Waals surface area (Å²) in [6, 6.07) is 16.7. The van der Waals surface area contributed by atoms with E-state index in [1.807, 2.05) is 56.3 Å². The summed E-state index contributed by atoms with van der Waals surface area (Å²) in [6.07, 6.45) is 10.1. The number of amides is 1. The molecule has 1 aliphatic rings. The van der Waals surface area contributed by atoms with Crippen LogP contribution in [0.2, 0.25) is 0 Å². The number of benzene rings is 2. The average Bonchev–Trinajstić information content (AvgIpc) is 2.76. The van der Waals surface area contributed by atoms with Gasteiger partial charge in [-0.15, -0.1) is 0 Å². The van der Waals surface area contributed by atoms with Crippen molar-refractivity contribution < 1.29 is 4.79 Å². The molecule has 4 heteroatoms. The normalized spacial score (nSPS) is 14.5. The lowest BCUT2D eigenvalue weighted by Gasteiger charge is -2.31. The van der Waals surface area contributed by atoms with E-state index >= 15 is 0 Å². The number of anilines is 1. The number of nitrogens with zero attached hydrogens (tertiary/aromatic N) is 1. The van der Waals surface area contributed by atoms with Crippen LogP contribution >= 0.6 is 15.9 Å². The van der Waals surface area contributed by atoms with Crippen molar-refractivity contribution in [1.82, 2.24) is 4.90 Å². The van der Waals surface area contributed by atoms with Crippen LogP contribution in [0.25, 0.3) is 6.08 Å². The summed E-state index contributed by atoms with van der Waals surface area (Å²) in [5.41, 5.74) is 3.09. The van der Waals surface area contributed by atoms with Gasteiger partial charge in [0.25, 0.3) is 0 Å². The summed E-state index contributed by atoms with van der Waals surface area (Å²) in [5, 5.41) is 2.92. The highest BCUT2D eigenvalue weighted by molar-refractivity contribution is 9.10. The highest BCUT2D eigenvalue weighted by Crippen LogP contribution is 2.23. The second-order valence-corrected chi connectivity index (χ2v) is 8.20. The summed E-state index contributed by atoms with van der Waals surface area (Å²) in [6.45, 7) is 4.96. The van der Waals surface area contributed by atoms with E-state index in [2.05, 4.69) is 45.3 Å². The van der Waals surface area contributed by atoms with Crippen LogP contribution in [-0.4, -0.2) is 23.9 Å². The lowest BCUT2D eigenvalue weighted by Crippen LogP contribution is -2.32. The molecule has 0 saturated heterocycles. The Labute approximate surface area is 184 Å². The van der Waals surface area contributed by atoms with Gasteiger partial charge in [-0.2, -0.15) is 0 Å². The van der Waals surface area contributed by atoms with Crippen LogP contribution in [0.3, 0.4) is 0 Å². The van der Waals surface area contributed by atoms with Crippen molar-refractivity contribution in [3.05, 3.63) is 70.2 Å². The molecule has 0 radical (unpaired) electrons. The van der Waals surface area contributed by atoms with Crippen molar-refractivity contribution in [3.63, 3.8) is 0 Å². The molecule has 1 aliphatic carbocycles. The Balaban J connectivity index is 0.00000145. The van der Waals surface area contributed by atoms with Gasteiger partial charge in [-0.25, -0.2) is 0 Å². The van der Waals surface area contributed by atoms with Gasteiger partial charge >= 0.3 is 0 Å². The van der Waals surface area contributed by atoms with Crippen molar-refractivity contribution in [2.24, 2.45) is 0 Å². The molecule has 2 aromatic rings. The third-order valence-corrected chi connectivity index (χ3v) is 5.62. The van der Waals surface area contributed by atoms with Crippen molar-refractivity contribution in [1.29, 1.82) is 0 Å². The van der Waals surface area contributed by atoms with E-state index in [-0.39, 0.29) is 5.91 Å². The third kappa shape index (κ3) is 8.15. The zero-order chi connectivity index (χ0) is 21.1. The van der Waals surface area contributed by atoms with Crippen LogP contribution in [0, 0.1) is 0 Å². The fourth-order valence-corrected chi connectivity index (χ4v) is 4.02. The molecule has 156 valence electrons. The monoisotopic (exact) mass is 456 g/mol. The number of rotatable bonds is 6. The molecule has 3 nitrogen and oxygen atoms in total. The molecule has 29 heavy (non-hydrogen) atoms. The largest absolute Gasteiger partial charge is 0.323 e. The summed E-state index contributed by atoms with van der Waals surface area (Å²) >= 11 is 3.43. The lowest BCUT2D eigenvalue weighted by atomic mass is 9.94. The van der Waals surface area contributed by atoms with Crippen molar-refractivity contribution in [3.8, 4) is 0 Å². The molecule has 2 aromatic carbocycles. The number of hydrogen-bond acceptors (Lipinski definition) is 2. The maximum absolute atomic E-state index is 12.1. The SMILES string of the molecule is CC.CN(Cc1ccc(NC(=O)/C=C/c2cccc(Br)c2)cc1)C1CCCCC1.